The molecule has 128 valence electrons. The molecule has 25 heavy (non-hydrogen) atoms. The fourth-order valence-corrected chi connectivity index (χ4v) is 3.40. The second-order valence-electron chi connectivity index (χ2n) is 6.46. The molecule has 0 atom stereocenters. The third-order valence-electron chi connectivity index (χ3n) is 4.89. The van der Waals surface area contributed by atoms with Crippen LogP contribution in [0.2, 0.25) is 0 Å². The average Bonchev–Trinajstić information content (AvgIpc) is 3.02. The zero-order chi connectivity index (χ0) is 17.4. The molecule has 0 unspecified atom stereocenters. The third-order valence-corrected chi connectivity index (χ3v) is 4.89. The molecule has 3 aromatic rings. The van der Waals surface area contributed by atoms with Gasteiger partial charge in [-0.25, -0.2) is 4.39 Å². The number of carbonyl (C=O) groups excluding carboxylic acids is 1. The minimum absolute atomic E-state index is 0.0712. The van der Waals surface area contributed by atoms with E-state index in [1.165, 1.54) is 12.1 Å². The van der Waals surface area contributed by atoms with E-state index in [4.69, 9.17) is 0 Å². The molecule has 0 radical (unpaired) electrons. The summed E-state index contributed by atoms with van der Waals surface area (Å²) in [7, 11) is 1.98. The minimum atomic E-state index is -0.228. The van der Waals surface area contributed by atoms with Crippen LogP contribution in [-0.4, -0.2) is 41.6 Å². The highest BCUT2D eigenvalue weighted by atomic mass is 19.1. The summed E-state index contributed by atoms with van der Waals surface area (Å²) >= 11 is 0. The molecule has 0 N–H and O–H groups in total. The van der Waals surface area contributed by atoms with Crippen LogP contribution in [0.25, 0.3) is 10.9 Å². The number of halogens is 1. The highest BCUT2D eigenvalue weighted by Gasteiger charge is 2.22. The van der Waals surface area contributed by atoms with Crippen molar-refractivity contribution >= 4 is 22.5 Å². The van der Waals surface area contributed by atoms with Crippen molar-refractivity contribution < 1.29 is 9.18 Å². The van der Waals surface area contributed by atoms with Gasteiger partial charge in [0.1, 0.15) is 5.82 Å². The summed E-state index contributed by atoms with van der Waals surface area (Å²) in [4.78, 5) is 16.9. The van der Waals surface area contributed by atoms with Gasteiger partial charge >= 0.3 is 0 Å². The molecule has 0 aliphatic carbocycles. The highest BCUT2D eigenvalue weighted by molar-refractivity contribution is 5.98. The first kappa shape index (κ1) is 15.7. The van der Waals surface area contributed by atoms with Gasteiger partial charge in [-0.15, -0.1) is 0 Å². The Labute approximate surface area is 146 Å². The topological polar surface area (TPSA) is 28.5 Å². The van der Waals surface area contributed by atoms with Gasteiger partial charge in [-0.1, -0.05) is 6.07 Å². The fraction of sp³-hybridized carbons (Fsp3) is 0.250. The van der Waals surface area contributed by atoms with Gasteiger partial charge in [-0.2, -0.15) is 0 Å². The lowest BCUT2D eigenvalue weighted by atomic mass is 10.1. The fourth-order valence-electron chi connectivity index (χ4n) is 3.40. The number of rotatable bonds is 2. The number of amides is 1. The van der Waals surface area contributed by atoms with E-state index in [0.717, 1.165) is 35.2 Å². The van der Waals surface area contributed by atoms with E-state index in [9.17, 15) is 9.18 Å². The number of carbonyl (C=O) groups is 1. The van der Waals surface area contributed by atoms with Crippen LogP contribution >= 0.6 is 0 Å². The second-order valence-corrected chi connectivity index (χ2v) is 6.46. The standard InChI is InChI=1S/C20H20FN3O/c1-22-9-8-15-2-3-16(14-19(15)22)20(25)24-12-10-23(11-13-24)18-6-4-17(21)5-7-18/h2-9,14H,10-13H2,1H3. The number of fused-ring (bicyclic) bond motifs is 1. The summed E-state index contributed by atoms with van der Waals surface area (Å²) in [5, 5.41) is 1.14. The number of benzene rings is 2. The van der Waals surface area contributed by atoms with Crippen molar-refractivity contribution in [1.82, 2.24) is 9.47 Å². The van der Waals surface area contributed by atoms with E-state index in [1.54, 1.807) is 12.1 Å². The molecule has 1 saturated heterocycles. The van der Waals surface area contributed by atoms with Crippen molar-refractivity contribution in [2.24, 2.45) is 7.05 Å². The van der Waals surface area contributed by atoms with E-state index in [2.05, 4.69) is 4.90 Å². The van der Waals surface area contributed by atoms with Gasteiger partial charge < -0.3 is 14.4 Å². The largest absolute Gasteiger partial charge is 0.368 e. The normalized spacial score (nSPS) is 15.0. The summed E-state index contributed by atoms with van der Waals surface area (Å²) in [5.74, 6) is -0.157. The second kappa shape index (κ2) is 6.24. The van der Waals surface area contributed by atoms with Crippen LogP contribution in [0, 0.1) is 5.82 Å². The molecule has 1 aliphatic rings. The zero-order valence-corrected chi connectivity index (χ0v) is 14.2. The molecule has 1 fully saturated rings. The first-order valence-electron chi connectivity index (χ1n) is 8.47. The van der Waals surface area contributed by atoms with E-state index < -0.39 is 0 Å². The molecule has 1 amide bonds. The Morgan fingerprint density at radius 1 is 0.960 bits per heavy atom. The van der Waals surface area contributed by atoms with Crippen LogP contribution in [0.3, 0.4) is 0 Å². The lowest BCUT2D eigenvalue weighted by molar-refractivity contribution is 0.0747. The van der Waals surface area contributed by atoms with E-state index in [1.807, 2.05) is 47.0 Å². The van der Waals surface area contributed by atoms with Crippen LogP contribution in [0.5, 0.6) is 0 Å². The first-order chi connectivity index (χ1) is 12.1. The average molecular weight is 337 g/mol. The van der Waals surface area contributed by atoms with Crippen molar-refractivity contribution in [1.29, 1.82) is 0 Å². The molecule has 5 heteroatoms. The third kappa shape index (κ3) is 2.97. The van der Waals surface area contributed by atoms with Crippen LogP contribution in [0.1, 0.15) is 10.4 Å². The Hall–Kier alpha value is -2.82. The van der Waals surface area contributed by atoms with Crippen molar-refractivity contribution in [3.05, 3.63) is 66.1 Å². The highest BCUT2D eigenvalue weighted by Crippen LogP contribution is 2.20. The minimum Gasteiger partial charge on any atom is -0.368 e. The van der Waals surface area contributed by atoms with Crippen LogP contribution in [0.4, 0.5) is 10.1 Å². The molecule has 0 saturated carbocycles. The van der Waals surface area contributed by atoms with E-state index in [-0.39, 0.29) is 11.7 Å². The molecule has 4 nitrogen and oxygen atoms in total. The van der Waals surface area contributed by atoms with Gasteiger partial charge in [-0.3, -0.25) is 4.79 Å². The molecule has 0 spiro atoms. The van der Waals surface area contributed by atoms with Gasteiger partial charge in [-0.05, 0) is 47.9 Å². The van der Waals surface area contributed by atoms with Gasteiger partial charge in [0, 0.05) is 56.2 Å². The Bertz CT molecular complexity index is 908. The molecular weight excluding hydrogens is 317 g/mol. The predicted octanol–water partition coefficient (Wildman–Crippen LogP) is 3.28. The van der Waals surface area contributed by atoms with E-state index >= 15 is 0 Å². The Kier molecular flexibility index (Phi) is 3.92. The molecular formula is C20H20FN3O. The van der Waals surface area contributed by atoms with Crippen molar-refractivity contribution in [3.63, 3.8) is 0 Å². The smallest absolute Gasteiger partial charge is 0.254 e. The summed E-state index contributed by atoms with van der Waals surface area (Å²) in [6.07, 6.45) is 2.00. The zero-order valence-electron chi connectivity index (χ0n) is 14.2. The number of hydrogen-bond acceptors (Lipinski definition) is 2. The Balaban J connectivity index is 1.46. The summed E-state index contributed by atoms with van der Waals surface area (Å²) < 4.78 is 15.1. The summed E-state index contributed by atoms with van der Waals surface area (Å²) in [6, 6.07) is 14.4. The maximum atomic E-state index is 13.1. The van der Waals surface area contributed by atoms with E-state index in [0.29, 0.717) is 13.1 Å². The molecule has 1 aromatic heterocycles. The number of hydrogen-bond donors (Lipinski definition) is 0. The van der Waals surface area contributed by atoms with Gasteiger partial charge in [0.05, 0.1) is 0 Å². The number of aryl methyl sites for hydroxylation is 1. The molecule has 2 aromatic carbocycles. The SMILES string of the molecule is Cn1ccc2ccc(C(=O)N3CCN(c4ccc(F)cc4)CC3)cc21. The molecule has 0 bridgehead atoms. The molecule has 1 aliphatic heterocycles. The van der Waals surface area contributed by atoms with Crippen molar-refractivity contribution in [2.75, 3.05) is 31.1 Å². The maximum Gasteiger partial charge on any atom is 0.254 e. The number of piperazine rings is 1. The van der Waals surface area contributed by atoms with Gasteiger partial charge in [0.2, 0.25) is 0 Å². The summed E-state index contributed by atoms with van der Waals surface area (Å²) in [5.41, 5.74) is 2.79. The van der Waals surface area contributed by atoms with Crippen LogP contribution in [-0.2, 0) is 7.05 Å². The number of anilines is 1. The molecule has 4 rings (SSSR count). The Morgan fingerprint density at radius 3 is 2.40 bits per heavy atom. The lowest BCUT2D eigenvalue weighted by Gasteiger charge is -2.36. The number of nitrogens with zero attached hydrogens (tertiary/aromatic N) is 3. The van der Waals surface area contributed by atoms with Crippen LogP contribution in [0.15, 0.2) is 54.7 Å². The summed E-state index contributed by atoms with van der Waals surface area (Å²) in [6.45, 7) is 2.84. The molecule has 2 heterocycles. The monoisotopic (exact) mass is 337 g/mol. The number of aromatic nitrogens is 1. The lowest BCUT2D eigenvalue weighted by Crippen LogP contribution is -2.48. The quantitative estimate of drug-likeness (QED) is 0.718. The maximum absolute atomic E-state index is 13.1. The van der Waals surface area contributed by atoms with Gasteiger partial charge in [0.15, 0.2) is 0 Å². The first-order valence-corrected chi connectivity index (χ1v) is 8.47. The Morgan fingerprint density at radius 2 is 1.68 bits per heavy atom. The predicted molar refractivity (Wildman–Crippen MR) is 97.4 cm³/mol. The van der Waals surface area contributed by atoms with Crippen molar-refractivity contribution in [3.8, 4) is 0 Å². The van der Waals surface area contributed by atoms with Gasteiger partial charge in [0.25, 0.3) is 5.91 Å². The van der Waals surface area contributed by atoms with Crippen molar-refractivity contribution in [2.45, 2.75) is 0 Å². The van der Waals surface area contributed by atoms with Crippen LogP contribution < -0.4 is 4.90 Å².